The second kappa shape index (κ2) is 5.83. The van der Waals surface area contributed by atoms with Gasteiger partial charge in [0.25, 0.3) is 0 Å². The smallest absolute Gasteiger partial charge is 0.123 e. The molecule has 0 spiro atoms. The largest absolute Gasteiger partial charge is 0.307 e. The van der Waals surface area contributed by atoms with Gasteiger partial charge in [-0.1, -0.05) is 32.4 Å². The molecule has 1 aromatic carbocycles. The third kappa shape index (κ3) is 3.11. The van der Waals surface area contributed by atoms with E-state index in [4.69, 9.17) is 0 Å². The summed E-state index contributed by atoms with van der Waals surface area (Å²) in [5.41, 5.74) is 1.04. The van der Waals surface area contributed by atoms with Gasteiger partial charge in [-0.3, -0.25) is 0 Å². The lowest BCUT2D eigenvalue weighted by Gasteiger charge is -2.37. The monoisotopic (exact) mass is 249 g/mol. The highest BCUT2D eigenvalue weighted by atomic mass is 19.1. The molecule has 1 fully saturated rings. The quantitative estimate of drug-likeness (QED) is 0.842. The molecule has 18 heavy (non-hydrogen) atoms. The van der Waals surface area contributed by atoms with Crippen LogP contribution in [0.15, 0.2) is 24.3 Å². The van der Waals surface area contributed by atoms with Crippen LogP contribution in [0.2, 0.25) is 0 Å². The highest BCUT2D eigenvalue weighted by molar-refractivity contribution is 5.19. The van der Waals surface area contributed by atoms with Crippen LogP contribution in [-0.4, -0.2) is 6.04 Å². The molecule has 1 saturated carbocycles. The minimum Gasteiger partial charge on any atom is -0.307 e. The zero-order valence-corrected chi connectivity index (χ0v) is 11.6. The van der Waals surface area contributed by atoms with Crippen molar-refractivity contribution in [2.75, 3.05) is 0 Å². The Balaban J connectivity index is 2.04. The average Bonchev–Trinajstić information content (AvgIpc) is 2.34. The molecule has 1 nitrogen and oxygen atoms in total. The van der Waals surface area contributed by atoms with Gasteiger partial charge in [0.05, 0.1) is 0 Å². The molecule has 0 radical (unpaired) electrons. The van der Waals surface area contributed by atoms with Gasteiger partial charge in [0, 0.05) is 12.1 Å². The predicted octanol–water partition coefficient (Wildman–Crippen LogP) is 4.30. The normalized spacial score (nSPS) is 30.1. The van der Waals surface area contributed by atoms with Crippen LogP contribution in [0.3, 0.4) is 0 Å². The zero-order valence-electron chi connectivity index (χ0n) is 11.6. The molecule has 2 rings (SSSR count). The summed E-state index contributed by atoms with van der Waals surface area (Å²) in [4.78, 5) is 0. The molecule has 0 heterocycles. The van der Waals surface area contributed by atoms with E-state index in [1.165, 1.54) is 25.3 Å². The average molecular weight is 249 g/mol. The molecule has 3 atom stereocenters. The maximum absolute atomic E-state index is 13.2. The lowest BCUT2D eigenvalue weighted by Crippen LogP contribution is -2.43. The summed E-state index contributed by atoms with van der Waals surface area (Å²) in [6, 6.07) is 7.69. The maximum atomic E-state index is 13.2. The van der Waals surface area contributed by atoms with Crippen LogP contribution in [-0.2, 0) is 0 Å². The Kier molecular flexibility index (Phi) is 4.39. The lowest BCUT2D eigenvalue weighted by atomic mass is 9.78. The van der Waals surface area contributed by atoms with Crippen LogP contribution < -0.4 is 5.32 Å². The van der Waals surface area contributed by atoms with Gasteiger partial charge < -0.3 is 5.32 Å². The van der Waals surface area contributed by atoms with Crippen LogP contribution in [0.25, 0.3) is 0 Å². The van der Waals surface area contributed by atoms with E-state index in [9.17, 15) is 4.39 Å². The first-order valence-electron chi connectivity index (χ1n) is 7.09. The van der Waals surface area contributed by atoms with Crippen molar-refractivity contribution in [1.82, 2.24) is 5.32 Å². The van der Waals surface area contributed by atoms with Crippen LogP contribution in [0.1, 0.15) is 51.6 Å². The molecule has 2 heteroatoms. The van der Waals surface area contributed by atoms with Crippen molar-refractivity contribution >= 4 is 0 Å². The molecule has 3 unspecified atom stereocenters. The van der Waals surface area contributed by atoms with Crippen molar-refractivity contribution < 1.29 is 4.39 Å². The van der Waals surface area contributed by atoms with E-state index in [2.05, 4.69) is 26.1 Å². The van der Waals surface area contributed by atoms with Crippen LogP contribution in [0.5, 0.6) is 0 Å². The van der Waals surface area contributed by atoms with Crippen molar-refractivity contribution in [2.24, 2.45) is 11.8 Å². The van der Waals surface area contributed by atoms with Gasteiger partial charge in [-0.15, -0.1) is 0 Å². The molecule has 0 aromatic heterocycles. The second-order valence-electron chi connectivity index (χ2n) is 5.85. The number of benzene rings is 1. The zero-order chi connectivity index (χ0) is 13.1. The first-order chi connectivity index (χ1) is 8.58. The molecule has 1 aromatic rings. The van der Waals surface area contributed by atoms with Gasteiger partial charge in [-0.25, -0.2) is 4.39 Å². The molecular formula is C16H24FN. The molecule has 1 N–H and O–H groups in total. The number of hydrogen-bond acceptors (Lipinski definition) is 1. The molecular weight excluding hydrogens is 225 g/mol. The fourth-order valence-corrected chi connectivity index (χ4v) is 3.17. The third-order valence-corrected chi connectivity index (χ3v) is 4.34. The Bertz CT molecular complexity index is 380. The summed E-state index contributed by atoms with van der Waals surface area (Å²) < 4.78 is 13.2. The van der Waals surface area contributed by atoms with E-state index in [-0.39, 0.29) is 11.9 Å². The molecule has 1 aliphatic carbocycles. The van der Waals surface area contributed by atoms with Gasteiger partial charge in [0.1, 0.15) is 5.82 Å². The summed E-state index contributed by atoms with van der Waals surface area (Å²) in [7, 11) is 0. The summed E-state index contributed by atoms with van der Waals surface area (Å²) in [6.07, 6.45) is 3.95. The molecule has 0 amide bonds. The van der Waals surface area contributed by atoms with E-state index < -0.39 is 0 Å². The van der Waals surface area contributed by atoms with Crippen molar-refractivity contribution in [1.29, 1.82) is 0 Å². The number of rotatable bonds is 3. The van der Waals surface area contributed by atoms with Gasteiger partial charge in [0.15, 0.2) is 0 Å². The lowest BCUT2D eigenvalue weighted by molar-refractivity contribution is 0.196. The van der Waals surface area contributed by atoms with Crippen molar-refractivity contribution in [3.05, 3.63) is 35.6 Å². The van der Waals surface area contributed by atoms with E-state index in [1.807, 2.05) is 6.07 Å². The van der Waals surface area contributed by atoms with E-state index in [0.717, 1.165) is 5.56 Å². The first-order valence-corrected chi connectivity index (χ1v) is 7.09. The second-order valence-corrected chi connectivity index (χ2v) is 5.85. The van der Waals surface area contributed by atoms with Crippen LogP contribution in [0, 0.1) is 17.7 Å². The summed E-state index contributed by atoms with van der Waals surface area (Å²) in [5, 5.41) is 3.70. The van der Waals surface area contributed by atoms with Crippen molar-refractivity contribution in [3.8, 4) is 0 Å². The Labute approximate surface area is 110 Å². The van der Waals surface area contributed by atoms with Crippen LogP contribution in [0.4, 0.5) is 4.39 Å². The summed E-state index contributed by atoms with van der Waals surface area (Å²) >= 11 is 0. The van der Waals surface area contributed by atoms with Gasteiger partial charge in [0.2, 0.25) is 0 Å². The predicted molar refractivity (Wildman–Crippen MR) is 73.9 cm³/mol. The SMILES string of the molecule is CC(NC1C(C)CCCC1C)c1cccc(F)c1. The van der Waals surface area contributed by atoms with Crippen molar-refractivity contribution in [2.45, 2.75) is 52.1 Å². The first kappa shape index (κ1) is 13.5. The summed E-state index contributed by atoms with van der Waals surface area (Å²) in [6.45, 7) is 6.78. The Morgan fingerprint density at radius 3 is 2.50 bits per heavy atom. The highest BCUT2D eigenvalue weighted by Gasteiger charge is 2.28. The third-order valence-electron chi connectivity index (χ3n) is 4.34. The minimum atomic E-state index is -0.147. The molecule has 100 valence electrons. The standard InChI is InChI=1S/C16H24FN/c1-11-6-4-7-12(2)16(11)18-13(3)14-8-5-9-15(17)10-14/h5,8-13,16,18H,4,6-7H2,1-3H3. The fraction of sp³-hybridized carbons (Fsp3) is 0.625. The molecule has 1 aliphatic rings. The van der Waals surface area contributed by atoms with Crippen molar-refractivity contribution in [3.63, 3.8) is 0 Å². The van der Waals surface area contributed by atoms with E-state index >= 15 is 0 Å². The molecule has 0 saturated heterocycles. The van der Waals surface area contributed by atoms with Gasteiger partial charge >= 0.3 is 0 Å². The number of hydrogen-bond donors (Lipinski definition) is 1. The fourth-order valence-electron chi connectivity index (χ4n) is 3.17. The van der Waals surface area contributed by atoms with Gasteiger partial charge in [-0.2, -0.15) is 0 Å². The molecule has 0 bridgehead atoms. The minimum absolute atomic E-state index is 0.147. The van der Waals surface area contributed by atoms with Crippen LogP contribution >= 0.6 is 0 Å². The highest BCUT2D eigenvalue weighted by Crippen LogP contribution is 2.30. The van der Waals surface area contributed by atoms with E-state index in [0.29, 0.717) is 17.9 Å². The van der Waals surface area contributed by atoms with E-state index in [1.54, 1.807) is 12.1 Å². The Morgan fingerprint density at radius 2 is 1.89 bits per heavy atom. The Morgan fingerprint density at radius 1 is 1.22 bits per heavy atom. The number of nitrogens with one attached hydrogen (secondary N) is 1. The molecule has 0 aliphatic heterocycles. The Hall–Kier alpha value is -0.890. The maximum Gasteiger partial charge on any atom is 0.123 e. The summed E-state index contributed by atoms with van der Waals surface area (Å²) in [5.74, 6) is 1.28. The van der Waals surface area contributed by atoms with Gasteiger partial charge in [-0.05, 0) is 49.3 Å². The number of halogens is 1. The topological polar surface area (TPSA) is 12.0 Å².